The molecule has 0 bridgehead atoms. The number of benzene rings is 6. The van der Waals surface area contributed by atoms with Crippen LogP contribution in [0.25, 0.3) is 83.9 Å². The van der Waals surface area contributed by atoms with Crippen LogP contribution >= 0.6 is 0 Å². The number of para-hydroxylation sites is 1. The van der Waals surface area contributed by atoms with E-state index in [1.807, 2.05) is 41.0 Å². The summed E-state index contributed by atoms with van der Waals surface area (Å²) in [6, 6.07) is 24.9. The van der Waals surface area contributed by atoms with E-state index in [1.54, 1.807) is 0 Å². The number of aromatic nitrogens is 5. The maximum atomic E-state index is 6.56. The lowest BCUT2D eigenvalue weighted by molar-refractivity contribution is 0.601. The van der Waals surface area contributed by atoms with Crippen LogP contribution in [0.1, 0.15) is 25.0 Å². The first-order chi connectivity index (χ1) is 28.2. The largest absolute Gasteiger partial charge is 0.443 e. The molecule has 6 aromatic carbocycles. The average molecular weight is 730 g/mol. The summed E-state index contributed by atoms with van der Waals surface area (Å²) in [6.45, 7) is 4.47. The minimum atomic E-state index is -0.220. The zero-order valence-electron chi connectivity index (χ0n) is 31.9. The molecule has 0 spiro atoms. The van der Waals surface area contributed by atoms with Crippen LogP contribution in [0.5, 0.6) is 0 Å². The van der Waals surface area contributed by atoms with Gasteiger partial charge in [0.2, 0.25) is 5.95 Å². The number of fused-ring (bicyclic) bond motifs is 8. The zero-order chi connectivity index (χ0) is 41.4. The van der Waals surface area contributed by atoms with Crippen molar-refractivity contribution in [2.24, 2.45) is 0 Å². The first-order valence-electron chi connectivity index (χ1n) is 18.5. The maximum absolute atomic E-state index is 6.56. The molecule has 1 aliphatic rings. The van der Waals surface area contributed by atoms with Gasteiger partial charge in [0.25, 0.3) is 0 Å². The summed E-state index contributed by atoms with van der Waals surface area (Å²) in [5.74, 6) is 0.184. The van der Waals surface area contributed by atoms with Crippen molar-refractivity contribution in [3.8, 4) is 51.0 Å². The van der Waals surface area contributed by atoms with E-state index in [9.17, 15) is 0 Å². The van der Waals surface area contributed by atoms with Crippen LogP contribution in [0, 0.1) is 0 Å². The van der Waals surface area contributed by atoms with Gasteiger partial charge in [-0.05, 0) is 58.1 Å². The van der Waals surface area contributed by atoms with Crippen molar-refractivity contribution in [1.82, 2.24) is 24.5 Å². The van der Waals surface area contributed by atoms with Crippen molar-refractivity contribution in [3.05, 3.63) is 90.3 Å². The fourth-order valence-corrected chi connectivity index (χ4v) is 8.57. The van der Waals surface area contributed by atoms with Gasteiger partial charge in [-0.15, -0.1) is 32.8 Å². The predicted molar refractivity (Wildman–Crippen MR) is 249 cm³/mol. The van der Waals surface area contributed by atoms with Gasteiger partial charge in [-0.1, -0.05) is 78.2 Å². The van der Waals surface area contributed by atoms with Crippen LogP contribution < -0.4 is 54.6 Å². The Bertz CT molecular complexity index is 3190. The molecule has 3 heterocycles. The van der Waals surface area contributed by atoms with E-state index in [0.717, 1.165) is 55.2 Å². The van der Waals surface area contributed by atoms with Gasteiger partial charge < -0.3 is 4.42 Å². The van der Waals surface area contributed by atoms with E-state index in [-0.39, 0.29) is 88.8 Å². The van der Waals surface area contributed by atoms with Crippen LogP contribution in [0.15, 0.2) is 83.6 Å². The highest BCUT2D eigenvalue weighted by Gasteiger charge is 2.37. The van der Waals surface area contributed by atoms with Gasteiger partial charge >= 0.3 is 0 Å². The molecule has 59 heavy (non-hydrogen) atoms. The third kappa shape index (κ3) is 5.27. The standard InChI is InChI=1S/C43H19B10N5O/c1-43(2)21-9-7-16(14-20(21)26-22(43)10-11-23-39(26)59-15-54-23)17-8-12-25-19(13-17)18-5-3-4-6-24(18)58(25)42-56-40(27-29(44)33(48)37(52)34(49)30(27)45)55-41(57-42)28-31(46)35(50)38(53)36(51)32(28)47/h3-15H,1-2H3. The molecule has 10 rings (SSSR count). The fraction of sp³-hybridized carbons (Fsp3) is 0.0698. The van der Waals surface area contributed by atoms with Gasteiger partial charge in [0.05, 0.1) is 11.0 Å². The van der Waals surface area contributed by atoms with E-state index in [2.05, 4.69) is 55.2 Å². The molecule has 6 nitrogen and oxygen atoms in total. The van der Waals surface area contributed by atoms with Crippen molar-refractivity contribution in [1.29, 1.82) is 0 Å². The van der Waals surface area contributed by atoms with Gasteiger partial charge in [0.1, 0.15) is 84.0 Å². The van der Waals surface area contributed by atoms with Crippen LogP contribution in [0.2, 0.25) is 0 Å². The van der Waals surface area contributed by atoms with Gasteiger partial charge in [-0.2, -0.15) is 9.97 Å². The third-order valence-electron chi connectivity index (χ3n) is 11.8. The van der Waals surface area contributed by atoms with E-state index < -0.39 is 0 Å². The van der Waals surface area contributed by atoms with Crippen LogP contribution in [0.4, 0.5) is 0 Å². The molecule has 3 aromatic heterocycles. The molecule has 0 saturated heterocycles. The van der Waals surface area contributed by atoms with E-state index in [0.29, 0.717) is 0 Å². The Hall–Kier alpha value is -5.75. The first-order valence-corrected chi connectivity index (χ1v) is 18.5. The highest BCUT2D eigenvalue weighted by Crippen LogP contribution is 2.52. The number of nitrogens with zero attached hydrogens (tertiary/aromatic N) is 5. The predicted octanol–water partition coefficient (Wildman–Crippen LogP) is -1.64. The van der Waals surface area contributed by atoms with Crippen molar-refractivity contribution >= 4 is 166 Å². The van der Waals surface area contributed by atoms with Crippen LogP contribution in [0.3, 0.4) is 0 Å². The number of oxazole rings is 1. The quantitative estimate of drug-likeness (QED) is 0.204. The van der Waals surface area contributed by atoms with Gasteiger partial charge in [-0.25, -0.2) is 9.97 Å². The molecule has 0 fully saturated rings. The topological polar surface area (TPSA) is 69.6 Å². The Morgan fingerprint density at radius 2 is 1.03 bits per heavy atom. The monoisotopic (exact) mass is 731 g/mol. The highest BCUT2D eigenvalue weighted by atomic mass is 16.3. The van der Waals surface area contributed by atoms with Gasteiger partial charge in [0.15, 0.2) is 23.6 Å². The summed E-state index contributed by atoms with van der Waals surface area (Å²) in [6.07, 6.45) is 1.50. The molecule has 0 N–H and O–H groups in total. The summed E-state index contributed by atoms with van der Waals surface area (Å²) in [7, 11) is 63.8. The third-order valence-corrected chi connectivity index (χ3v) is 11.8. The summed E-state index contributed by atoms with van der Waals surface area (Å²) >= 11 is 0. The van der Waals surface area contributed by atoms with E-state index >= 15 is 0 Å². The van der Waals surface area contributed by atoms with Crippen molar-refractivity contribution in [3.63, 3.8) is 0 Å². The summed E-state index contributed by atoms with van der Waals surface area (Å²) in [4.78, 5) is 19.1. The van der Waals surface area contributed by atoms with Crippen molar-refractivity contribution in [2.75, 3.05) is 0 Å². The van der Waals surface area contributed by atoms with E-state index in [4.69, 9.17) is 97.8 Å². The highest BCUT2D eigenvalue weighted by molar-refractivity contribution is 6.69. The summed E-state index contributed by atoms with van der Waals surface area (Å²) < 4.78 is 7.85. The minimum Gasteiger partial charge on any atom is -0.443 e. The number of rotatable bonds is 4. The Morgan fingerprint density at radius 3 is 1.66 bits per heavy atom. The molecule has 20 radical (unpaired) electrons. The lowest BCUT2D eigenvalue weighted by Gasteiger charge is -2.23. The second kappa shape index (κ2) is 13.1. The second-order valence-corrected chi connectivity index (χ2v) is 15.3. The Kier molecular flexibility index (Phi) is 8.35. The number of hydrogen-bond donors (Lipinski definition) is 0. The Balaban J connectivity index is 1.22. The fourth-order valence-electron chi connectivity index (χ4n) is 8.57. The molecule has 0 aliphatic heterocycles. The summed E-state index contributed by atoms with van der Waals surface area (Å²) in [5.41, 5.74) is 10.1. The minimum absolute atomic E-state index is 0.0101. The lowest BCUT2D eigenvalue weighted by atomic mass is 9.60. The molecular weight excluding hydrogens is 711 g/mol. The molecule has 1 aliphatic carbocycles. The lowest BCUT2D eigenvalue weighted by Crippen LogP contribution is -2.55. The molecule has 0 atom stereocenters. The maximum Gasteiger partial charge on any atom is 0.238 e. The first kappa shape index (κ1) is 37.5. The molecule has 16 heteroatoms. The summed E-state index contributed by atoms with van der Waals surface area (Å²) in [5, 5.41) is 1.87. The molecular formula is C43H19B10N5O. The molecule has 0 amide bonds. The molecule has 9 aromatic rings. The normalized spacial score (nSPS) is 13.1. The van der Waals surface area contributed by atoms with Gasteiger partial charge in [-0.3, -0.25) is 4.57 Å². The van der Waals surface area contributed by atoms with E-state index in [1.165, 1.54) is 17.5 Å². The van der Waals surface area contributed by atoms with Crippen LogP contribution in [-0.4, -0.2) is 103 Å². The Labute approximate surface area is 353 Å². The average Bonchev–Trinajstić information content (AvgIpc) is 3.91. The second-order valence-electron chi connectivity index (χ2n) is 15.3. The molecule has 0 unspecified atom stereocenters. The molecule has 252 valence electrons. The van der Waals surface area contributed by atoms with Crippen molar-refractivity contribution in [2.45, 2.75) is 19.3 Å². The SMILES string of the molecule is [B]c1c([B])c([B])c(-c2nc(-c3c([B])c([B])c([B])c([B])c3[B])nc(-n3c4ccccc4c4cc(-c5ccc6c(c5)-c5c(ccc7ncoc57)C6(C)C)ccc43)n2)c([B])c1[B]. The Morgan fingerprint density at radius 1 is 0.508 bits per heavy atom. The van der Waals surface area contributed by atoms with Crippen molar-refractivity contribution < 1.29 is 4.42 Å². The smallest absolute Gasteiger partial charge is 0.238 e. The van der Waals surface area contributed by atoms with Crippen LogP contribution in [-0.2, 0) is 5.41 Å². The number of hydrogen-bond acceptors (Lipinski definition) is 5. The molecule has 0 saturated carbocycles. The zero-order valence-corrected chi connectivity index (χ0v) is 31.9. The van der Waals surface area contributed by atoms with Gasteiger partial charge in [0, 0.05) is 32.9 Å².